The number of nitrogens with zero attached hydrogens (tertiary/aromatic N) is 6. The molecule has 1 aliphatic heterocycles. The van der Waals surface area contributed by atoms with E-state index in [2.05, 4.69) is 39.2 Å². The van der Waals surface area contributed by atoms with Gasteiger partial charge in [-0.15, -0.1) is 5.10 Å². The van der Waals surface area contributed by atoms with Gasteiger partial charge in [0.1, 0.15) is 11.6 Å². The lowest BCUT2D eigenvalue weighted by molar-refractivity contribution is 0.153. The minimum absolute atomic E-state index is 0.0678. The van der Waals surface area contributed by atoms with E-state index in [1.165, 1.54) is 18.2 Å². The first-order valence-electron chi connectivity index (χ1n) is 10.8. The average molecular weight is 427 g/mol. The molecule has 6 nitrogen and oxygen atoms in total. The lowest BCUT2D eigenvalue weighted by Crippen LogP contribution is -2.48. The van der Waals surface area contributed by atoms with Crippen molar-refractivity contribution in [3.63, 3.8) is 0 Å². The van der Waals surface area contributed by atoms with Crippen LogP contribution >= 0.6 is 0 Å². The quantitative estimate of drug-likeness (QED) is 0.573. The summed E-state index contributed by atoms with van der Waals surface area (Å²) in [5, 5.41) is 12.5. The van der Waals surface area contributed by atoms with E-state index in [0.717, 1.165) is 44.0 Å². The Morgan fingerprint density at radius 3 is 2.32 bits per heavy atom. The normalized spacial score (nSPS) is 16.1. The van der Waals surface area contributed by atoms with Gasteiger partial charge in [0.15, 0.2) is 5.82 Å². The maximum absolute atomic E-state index is 14.2. The number of aromatic nitrogens is 4. The van der Waals surface area contributed by atoms with Crippen LogP contribution in [0.25, 0.3) is 0 Å². The van der Waals surface area contributed by atoms with Crippen molar-refractivity contribution >= 4 is 5.69 Å². The Hall–Kier alpha value is -2.87. The fourth-order valence-electron chi connectivity index (χ4n) is 4.17. The molecule has 0 aliphatic carbocycles. The molecule has 0 spiro atoms. The number of para-hydroxylation sites is 1. The zero-order valence-corrected chi connectivity index (χ0v) is 18.0. The number of hydrogen-bond acceptors (Lipinski definition) is 5. The van der Waals surface area contributed by atoms with E-state index < -0.39 is 0 Å². The Balaban J connectivity index is 1.51. The van der Waals surface area contributed by atoms with Crippen LogP contribution in [0.1, 0.15) is 37.7 Å². The zero-order chi connectivity index (χ0) is 21.8. The topological polar surface area (TPSA) is 50.1 Å². The van der Waals surface area contributed by atoms with E-state index >= 15 is 0 Å². The maximum Gasteiger partial charge on any atom is 0.168 e. The Kier molecular flexibility index (Phi) is 6.56. The van der Waals surface area contributed by atoms with Gasteiger partial charge in [0.05, 0.1) is 18.3 Å². The number of piperazine rings is 1. The Morgan fingerprint density at radius 2 is 1.65 bits per heavy atom. The van der Waals surface area contributed by atoms with Crippen LogP contribution in [0.5, 0.6) is 0 Å². The van der Waals surface area contributed by atoms with Crippen LogP contribution in [0.3, 0.4) is 0 Å². The summed E-state index contributed by atoms with van der Waals surface area (Å²) in [7, 11) is 0. The van der Waals surface area contributed by atoms with Crippen LogP contribution in [-0.2, 0) is 6.54 Å². The van der Waals surface area contributed by atoms with Gasteiger partial charge in [-0.2, -0.15) is 0 Å². The number of rotatable bonds is 7. The third-order valence-corrected chi connectivity index (χ3v) is 5.75. The number of tetrazole rings is 1. The molecule has 1 aromatic heterocycles. The van der Waals surface area contributed by atoms with Crippen LogP contribution in [-0.4, -0.2) is 51.3 Å². The summed E-state index contributed by atoms with van der Waals surface area (Å²) in [6.45, 7) is 7.97. The molecule has 2 aromatic carbocycles. The molecule has 0 saturated carbocycles. The molecule has 4 rings (SSSR count). The predicted molar refractivity (Wildman–Crippen MR) is 116 cm³/mol. The van der Waals surface area contributed by atoms with Crippen LogP contribution in [0.4, 0.5) is 14.5 Å². The van der Waals surface area contributed by atoms with Crippen molar-refractivity contribution in [1.29, 1.82) is 0 Å². The summed E-state index contributed by atoms with van der Waals surface area (Å²) in [4.78, 5) is 4.49. The highest BCUT2D eigenvalue weighted by atomic mass is 19.1. The summed E-state index contributed by atoms with van der Waals surface area (Å²) < 4.78 is 29.3. The van der Waals surface area contributed by atoms with Crippen molar-refractivity contribution in [2.45, 2.75) is 32.9 Å². The molecule has 2 heterocycles. The third kappa shape index (κ3) is 5.07. The van der Waals surface area contributed by atoms with Gasteiger partial charge in [0, 0.05) is 26.2 Å². The van der Waals surface area contributed by atoms with Crippen molar-refractivity contribution < 1.29 is 8.78 Å². The fourth-order valence-corrected chi connectivity index (χ4v) is 4.17. The Morgan fingerprint density at radius 1 is 0.935 bits per heavy atom. The Bertz CT molecular complexity index is 980. The molecule has 31 heavy (non-hydrogen) atoms. The number of halogens is 2. The molecule has 0 N–H and O–H groups in total. The molecule has 0 bridgehead atoms. The molecule has 8 heteroatoms. The van der Waals surface area contributed by atoms with E-state index in [9.17, 15) is 8.78 Å². The molecule has 1 atom stereocenters. The first-order chi connectivity index (χ1) is 15.0. The van der Waals surface area contributed by atoms with Crippen molar-refractivity contribution in [3.8, 4) is 0 Å². The highest BCUT2D eigenvalue weighted by molar-refractivity contribution is 5.48. The molecule has 1 fully saturated rings. The van der Waals surface area contributed by atoms with E-state index in [0.29, 0.717) is 18.2 Å². The highest BCUT2D eigenvalue weighted by Gasteiger charge is 2.30. The van der Waals surface area contributed by atoms with Gasteiger partial charge in [-0.05, 0) is 52.6 Å². The number of anilines is 1. The summed E-state index contributed by atoms with van der Waals surface area (Å²) >= 11 is 0. The van der Waals surface area contributed by atoms with Crippen molar-refractivity contribution in [2.75, 3.05) is 31.1 Å². The second-order valence-electron chi connectivity index (χ2n) is 8.44. The van der Waals surface area contributed by atoms with Gasteiger partial charge < -0.3 is 4.90 Å². The van der Waals surface area contributed by atoms with Crippen LogP contribution in [0, 0.1) is 17.6 Å². The van der Waals surface area contributed by atoms with E-state index in [1.807, 2.05) is 16.8 Å². The van der Waals surface area contributed by atoms with E-state index in [-0.39, 0.29) is 17.7 Å². The number of hydrogen-bond donors (Lipinski definition) is 0. The number of benzene rings is 2. The molecule has 0 amide bonds. The monoisotopic (exact) mass is 426 g/mol. The highest BCUT2D eigenvalue weighted by Crippen LogP contribution is 2.29. The van der Waals surface area contributed by atoms with Crippen molar-refractivity contribution in [1.82, 2.24) is 25.1 Å². The third-order valence-electron chi connectivity index (χ3n) is 5.75. The minimum Gasteiger partial charge on any atom is -0.367 e. The Labute approximate surface area is 181 Å². The molecule has 164 valence electrons. The van der Waals surface area contributed by atoms with Crippen LogP contribution in [0.2, 0.25) is 0 Å². The smallest absolute Gasteiger partial charge is 0.168 e. The summed E-state index contributed by atoms with van der Waals surface area (Å²) in [6.07, 6.45) is 0.920. The summed E-state index contributed by atoms with van der Waals surface area (Å²) in [5.41, 5.74) is 1.60. The molecule has 0 radical (unpaired) electrons. The maximum atomic E-state index is 14.2. The minimum atomic E-state index is -0.258. The molecular weight excluding hydrogens is 398 g/mol. The fraction of sp³-hybridized carbons (Fsp3) is 0.435. The van der Waals surface area contributed by atoms with Gasteiger partial charge >= 0.3 is 0 Å². The lowest BCUT2D eigenvalue weighted by atomic mass is 10.0. The summed E-state index contributed by atoms with van der Waals surface area (Å²) in [6, 6.07) is 13.4. The second kappa shape index (κ2) is 9.51. The second-order valence-corrected chi connectivity index (χ2v) is 8.44. The van der Waals surface area contributed by atoms with Gasteiger partial charge in [0.2, 0.25) is 0 Å². The van der Waals surface area contributed by atoms with E-state index in [1.54, 1.807) is 18.2 Å². The first-order valence-corrected chi connectivity index (χ1v) is 10.8. The lowest BCUT2D eigenvalue weighted by Gasteiger charge is -2.40. The molecule has 3 aromatic rings. The van der Waals surface area contributed by atoms with Gasteiger partial charge in [0.25, 0.3) is 0 Å². The van der Waals surface area contributed by atoms with Gasteiger partial charge in [-0.1, -0.05) is 38.1 Å². The zero-order valence-electron chi connectivity index (χ0n) is 18.0. The van der Waals surface area contributed by atoms with Gasteiger partial charge in [-0.3, -0.25) is 4.90 Å². The molecule has 1 aliphatic rings. The van der Waals surface area contributed by atoms with Crippen LogP contribution < -0.4 is 4.90 Å². The average Bonchev–Trinajstić information content (AvgIpc) is 3.22. The molecule has 1 saturated heterocycles. The largest absolute Gasteiger partial charge is 0.367 e. The van der Waals surface area contributed by atoms with Gasteiger partial charge in [-0.25, -0.2) is 13.5 Å². The SMILES string of the molecule is CC(C)C[C@@H](c1nnnn1Cc1ccc(F)cc1)N1CCN(c2ccccc2F)CC1. The van der Waals surface area contributed by atoms with Crippen molar-refractivity contribution in [3.05, 3.63) is 71.6 Å². The summed E-state index contributed by atoms with van der Waals surface area (Å²) in [5.74, 6) is 0.840. The molecule has 0 unspecified atom stereocenters. The van der Waals surface area contributed by atoms with E-state index in [4.69, 9.17) is 0 Å². The van der Waals surface area contributed by atoms with Crippen LogP contribution in [0.15, 0.2) is 48.5 Å². The standard InChI is InChI=1S/C23H28F2N6/c1-17(2)15-22(23-26-27-28-31(23)16-18-7-9-19(24)10-8-18)30-13-11-29(12-14-30)21-6-4-3-5-20(21)25/h3-10,17,22H,11-16H2,1-2H3/t22-/m0/s1. The first kappa shape index (κ1) is 21.4. The van der Waals surface area contributed by atoms with Crippen molar-refractivity contribution in [2.24, 2.45) is 5.92 Å². The molecular formula is C23H28F2N6. The predicted octanol–water partition coefficient (Wildman–Crippen LogP) is 3.91.